The molecule has 27 heavy (non-hydrogen) atoms. The van der Waals surface area contributed by atoms with Crippen molar-refractivity contribution in [1.82, 2.24) is 0 Å². The van der Waals surface area contributed by atoms with E-state index in [1.165, 1.54) is 31.4 Å². The Morgan fingerprint density at radius 2 is 1.93 bits per heavy atom. The Bertz CT molecular complexity index is 1020. The van der Waals surface area contributed by atoms with E-state index in [0.717, 1.165) is 11.3 Å². The van der Waals surface area contributed by atoms with Crippen molar-refractivity contribution >= 4 is 49.7 Å². The highest BCUT2D eigenvalue weighted by atomic mass is 35.5. The molecule has 1 amide bonds. The van der Waals surface area contributed by atoms with E-state index in [0.29, 0.717) is 10.6 Å². The number of hydrogen-bond acceptors (Lipinski definition) is 7. The van der Waals surface area contributed by atoms with E-state index in [9.17, 15) is 23.3 Å². The molecule has 0 saturated carbocycles. The average molecular weight is 427 g/mol. The molecule has 0 aliphatic heterocycles. The summed E-state index contributed by atoms with van der Waals surface area (Å²) in [6.07, 6.45) is -0.305. The van der Waals surface area contributed by atoms with Crippen LogP contribution in [0.5, 0.6) is 0 Å². The van der Waals surface area contributed by atoms with Crippen molar-refractivity contribution in [3.63, 3.8) is 0 Å². The monoisotopic (exact) mass is 426 g/mol. The van der Waals surface area contributed by atoms with Gasteiger partial charge in [0.2, 0.25) is 5.91 Å². The fourth-order valence-electron chi connectivity index (χ4n) is 2.20. The molecule has 142 valence electrons. The van der Waals surface area contributed by atoms with Gasteiger partial charge in [-0.2, -0.15) is 5.26 Å². The summed E-state index contributed by atoms with van der Waals surface area (Å²) < 4.78 is 29.2. The van der Waals surface area contributed by atoms with Gasteiger partial charge in [0, 0.05) is 11.4 Å². The second-order valence-electron chi connectivity index (χ2n) is 5.43. The summed E-state index contributed by atoms with van der Waals surface area (Å²) in [5, 5.41) is 12.3. The number of ether oxygens (including phenoxy) is 1. The van der Waals surface area contributed by atoms with Crippen molar-refractivity contribution in [2.75, 3.05) is 18.2 Å². The number of carbonyl (C=O) groups is 2. The Morgan fingerprint density at radius 3 is 2.48 bits per heavy atom. The number of hydrogen-bond donors (Lipinski definition) is 1. The summed E-state index contributed by atoms with van der Waals surface area (Å²) in [4.78, 5) is 24.1. The van der Waals surface area contributed by atoms with E-state index in [2.05, 4.69) is 10.1 Å². The SMILES string of the molecule is COC(=O)c1sc(NC(=O)CCS(=O)(=O)c2ccc(Cl)cc2)c(C#N)c1C. The molecule has 1 aromatic heterocycles. The van der Waals surface area contributed by atoms with Crippen molar-refractivity contribution in [1.29, 1.82) is 5.26 Å². The second-order valence-corrected chi connectivity index (χ2v) is 9.00. The number of amides is 1. The Labute approximate surface area is 165 Å². The largest absolute Gasteiger partial charge is 0.465 e. The number of rotatable bonds is 6. The van der Waals surface area contributed by atoms with Crippen LogP contribution in [-0.4, -0.2) is 33.2 Å². The summed E-state index contributed by atoms with van der Waals surface area (Å²) in [6, 6.07) is 7.58. The van der Waals surface area contributed by atoms with Gasteiger partial charge in [0.05, 0.1) is 23.3 Å². The number of sulfone groups is 1. The van der Waals surface area contributed by atoms with Crippen LogP contribution in [0.15, 0.2) is 29.2 Å². The third-order valence-corrected chi connectivity index (χ3v) is 6.82. The predicted octanol–water partition coefficient (Wildman–Crippen LogP) is 3.17. The Morgan fingerprint density at radius 1 is 1.30 bits per heavy atom. The summed E-state index contributed by atoms with van der Waals surface area (Å²) >= 11 is 6.65. The van der Waals surface area contributed by atoms with Gasteiger partial charge in [0.15, 0.2) is 9.84 Å². The van der Waals surface area contributed by atoms with E-state index in [1.54, 1.807) is 6.92 Å². The third kappa shape index (κ3) is 4.86. The molecular formula is C17H15ClN2O5S2. The fraction of sp³-hybridized carbons (Fsp3) is 0.235. The van der Waals surface area contributed by atoms with E-state index >= 15 is 0 Å². The van der Waals surface area contributed by atoms with Gasteiger partial charge >= 0.3 is 5.97 Å². The van der Waals surface area contributed by atoms with Gasteiger partial charge in [0.1, 0.15) is 15.9 Å². The topological polar surface area (TPSA) is 113 Å². The van der Waals surface area contributed by atoms with Crippen LogP contribution >= 0.6 is 22.9 Å². The van der Waals surface area contributed by atoms with E-state index in [4.69, 9.17) is 11.6 Å². The molecule has 0 atom stereocenters. The number of carbonyl (C=O) groups excluding carboxylic acids is 2. The van der Waals surface area contributed by atoms with Crippen LogP contribution in [0.2, 0.25) is 5.02 Å². The lowest BCUT2D eigenvalue weighted by molar-refractivity contribution is -0.115. The summed E-state index contributed by atoms with van der Waals surface area (Å²) in [7, 11) is -2.44. The molecule has 10 heteroatoms. The lowest BCUT2D eigenvalue weighted by Gasteiger charge is -2.06. The van der Waals surface area contributed by atoms with Gasteiger partial charge in [-0.3, -0.25) is 4.79 Å². The Kier molecular flexibility index (Phi) is 6.59. The average Bonchev–Trinajstić information content (AvgIpc) is 2.95. The standard InChI is InChI=1S/C17H15ClN2O5S2/c1-10-13(9-19)16(26-15(10)17(22)25-2)20-14(21)7-8-27(23,24)12-5-3-11(18)4-6-12/h3-6H,7-8H2,1-2H3,(H,20,21). The molecule has 0 radical (unpaired) electrons. The zero-order valence-electron chi connectivity index (χ0n) is 14.4. The number of halogens is 1. The van der Waals surface area contributed by atoms with Crippen LogP contribution in [0.3, 0.4) is 0 Å². The number of nitriles is 1. The maximum Gasteiger partial charge on any atom is 0.348 e. The van der Waals surface area contributed by atoms with E-state index in [1.807, 2.05) is 6.07 Å². The molecule has 1 aromatic carbocycles. The number of benzene rings is 1. The molecule has 2 aromatic rings. The van der Waals surface area contributed by atoms with Gasteiger partial charge in [-0.25, -0.2) is 13.2 Å². The first-order chi connectivity index (χ1) is 12.7. The number of nitrogens with one attached hydrogen (secondary N) is 1. The van der Waals surface area contributed by atoms with E-state index < -0.39 is 27.5 Å². The fourth-order valence-corrected chi connectivity index (χ4v) is 4.66. The van der Waals surface area contributed by atoms with Crippen molar-refractivity contribution in [2.24, 2.45) is 0 Å². The van der Waals surface area contributed by atoms with Crippen LogP contribution in [0.25, 0.3) is 0 Å². The zero-order chi connectivity index (χ0) is 20.2. The van der Waals surface area contributed by atoms with Crippen molar-refractivity contribution in [3.05, 3.63) is 45.3 Å². The normalized spacial score (nSPS) is 10.9. The van der Waals surface area contributed by atoms with Crippen LogP contribution in [0.4, 0.5) is 5.00 Å². The molecule has 0 saturated heterocycles. The zero-order valence-corrected chi connectivity index (χ0v) is 16.8. The molecule has 1 heterocycles. The number of esters is 1. The highest BCUT2D eigenvalue weighted by molar-refractivity contribution is 7.91. The summed E-state index contributed by atoms with van der Waals surface area (Å²) in [6.45, 7) is 1.57. The van der Waals surface area contributed by atoms with Gasteiger partial charge < -0.3 is 10.1 Å². The van der Waals surface area contributed by atoms with Crippen LogP contribution in [0.1, 0.15) is 27.2 Å². The molecule has 7 nitrogen and oxygen atoms in total. The number of anilines is 1. The van der Waals surface area contributed by atoms with Gasteiger partial charge in [-0.05, 0) is 36.8 Å². The van der Waals surface area contributed by atoms with Gasteiger partial charge in [-0.1, -0.05) is 11.6 Å². The second kappa shape index (κ2) is 8.52. The Hall–Kier alpha value is -2.41. The minimum atomic E-state index is -3.66. The van der Waals surface area contributed by atoms with Crippen LogP contribution < -0.4 is 5.32 Å². The quantitative estimate of drug-likeness (QED) is 0.709. The first kappa shape index (κ1) is 20.9. The van der Waals surface area contributed by atoms with Crippen molar-refractivity contribution in [3.8, 4) is 6.07 Å². The maximum atomic E-state index is 12.3. The number of methoxy groups -OCH3 is 1. The first-order valence-corrected chi connectivity index (χ1v) is 10.4. The molecular weight excluding hydrogens is 412 g/mol. The Balaban J connectivity index is 2.11. The predicted molar refractivity (Wildman–Crippen MR) is 102 cm³/mol. The maximum absolute atomic E-state index is 12.3. The van der Waals surface area contributed by atoms with Crippen LogP contribution in [-0.2, 0) is 19.4 Å². The van der Waals surface area contributed by atoms with Crippen LogP contribution in [0, 0.1) is 18.3 Å². The first-order valence-electron chi connectivity index (χ1n) is 7.59. The number of thiophene rings is 1. The van der Waals surface area contributed by atoms with Gasteiger partial charge in [0.25, 0.3) is 0 Å². The minimum absolute atomic E-state index is 0.0670. The molecule has 2 rings (SSSR count). The highest BCUT2D eigenvalue weighted by Crippen LogP contribution is 2.33. The molecule has 0 aliphatic rings. The van der Waals surface area contributed by atoms with Crippen molar-refractivity contribution < 1.29 is 22.7 Å². The minimum Gasteiger partial charge on any atom is -0.465 e. The smallest absolute Gasteiger partial charge is 0.348 e. The van der Waals surface area contributed by atoms with E-state index in [-0.39, 0.29) is 26.8 Å². The van der Waals surface area contributed by atoms with Gasteiger partial charge in [-0.15, -0.1) is 11.3 Å². The highest BCUT2D eigenvalue weighted by Gasteiger charge is 2.23. The molecule has 0 aliphatic carbocycles. The molecule has 0 fully saturated rings. The summed E-state index contributed by atoms with van der Waals surface area (Å²) in [5.74, 6) is -1.60. The summed E-state index contributed by atoms with van der Waals surface area (Å²) in [5.41, 5.74) is 0.549. The third-order valence-electron chi connectivity index (χ3n) is 3.65. The molecule has 0 spiro atoms. The molecule has 1 N–H and O–H groups in total. The lowest BCUT2D eigenvalue weighted by atomic mass is 10.2. The van der Waals surface area contributed by atoms with Crippen molar-refractivity contribution in [2.45, 2.75) is 18.2 Å². The number of nitrogens with zero attached hydrogens (tertiary/aromatic N) is 1. The molecule has 0 bridgehead atoms. The molecule has 0 unspecified atom stereocenters. The lowest BCUT2D eigenvalue weighted by Crippen LogP contribution is -2.17.